The van der Waals surface area contributed by atoms with Gasteiger partial charge in [-0.05, 0) is 32.2 Å². The highest BCUT2D eigenvalue weighted by Crippen LogP contribution is 2.33. The first kappa shape index (κ1) is 19.2. The number of aromatic nitrogens is 2. The third-order valence-electron chi connectivity index (χ3n) is 3.62. The zero-order valence-corrected chi connectivity index (χ0v) is 16.9. The van der Waals surface area contributed by atoms with Gasteiger partial charge in [0.15, 0.2) is 0 Å². The lowest BCUT2D eigenvalue weighted by Crippen LogP contribution is -2.46. The normalized spacial score (nSPS) is 11.5. The van der Waals surface area contributed by atoms with Gasteiger partial charge in [-0.3, -0.25) is 19.0 Å². The fourth-order valence-electron chi connectivity index (χ4n) is 2.55. The fraction of sp³-hybridized carbons (Fsp3) is 0.333. The molecule has 0 aliphatic heterocycles. The standard InChI is InChI=1S/C18H20N4O3S2/c1-18(2,3)21-13(23)7-19-14(24)8-22-10-20-16-15(17(22)25)11(9-27-16)12-5-4-6-26-12/h4-6,9-10H,7-8H2,1-3H3,(H,19,24)(H,21,23). The number of nitrogens with one attached hydrogen (secondary N) is 2. The van der Waals surface area contributed by atoms with E-state index < -0.39 is 5.91 Å². The molecular formula is C18H20N4O3S2. The van der Waals surface area contributed by atoms with E-state index in [-0.39, 0.29) is 30.1 Å². The largest absolute Gasteiger partial charge is 0.350 e. The van der Waals surface area contributed by atoms with E-state index in [1.165, 1.54) is 22.2 Å². The van der Waals surface area contributed by atoms with Crippen LogP contribution in [0, 0.1) is 0 Å². The summed E-state index contributed by atoms with van der Waals surface area (Å²) >= 11 is 2.95. The molecule has 27 heavy (non-hydrogen) atoms. The van der Waals surface area contributed by atoms with E-state index in [1.54, 1.807) is 11.3 Å². The molecule has 0 radical (unpaired) electrons. The Morgan fingerprint density at radius 3 is 2.67 bits per heavy atom. The quantitative estimate of drug-likeness (QED) is 0.682. The Bertz CT molecular complexity index is 1030. The van der Waals surface area contributed by atoms with Gasteiger partial charge in [-0.1, -0.05) is 6.07 Å². The van der Waals surface area contributed by atoms with Crippen molar-refractivity contribution in [2.75, 3.05) is 6.54 Å². The number of carbonyl (C=O) groups is 2. The van der Waals surface area contributed by atoms with Crippen molar-refractivity contribution >= 4 is 44.7 Å². The molecule has 2 amide bonds. The Kier molecular flexibility index (Phi) is 5.43. The first-order valence-corrected chi connectivity index (χ1v) is 10.1. The molecule has 0 aromatic carbocycles. The number of nitrogens with zero attached hydrogens (tertiary/aromatic N) is 2. The average Bonchev–Trinajstić information content (AvgIpc) is 3.23. The number of thiophene rings is 2. The SMILES string of the molecule is CC(C)(C)NC(=O)CNC(=O)Cn1cnc2scc(-c3cccs3)c2c1=O. The van der Waals surface area contributed by atoms with Gasteiger partial charge in [-0.2, -0.15) is 0 Å². The molecule has 2 N–H and O–H groups in total. The van der Waals surface area contributed by atoms with Gasteiger partial charge >= 0.3 is 0 Å². The minimum absolute atomic E-state index is 0.139. The summed E-state index contributed by atoms with van der Waals surface area (Å²) in [5, 5.41) is 9.67. The van der Waals surface area contributed by atoms with Crippen LogP contribution >= 0.6 is 22.7 Å². The Hall–Kier alpha value is -2.52. The van der Waals surface area contributed by atoms with E-state index >= 15 is 0 Å². The smallest absolute Gasteiger partial charge is 0.263 e. The zero-order valence-electron chi connectivity index (χ0n) is 15.2. The topological polar surface area (TPSA) is 93.1 Å². The number of carbonyl (C=O) groups excluding carboxylic acids is 2. The van der Waals surface area contributed by atoms with Crippen molar-refractivity contribution in [2.45, 2.75) is 32.9 Å². The Balaban J connectivity index is 1.75. The fourth-order valence-corrected chi connectivity index (χ4v) is 4.27. The predicted octanol–water partition coefficient (Wildman–Crippen LogP) is 2.22. The molecule has 0 saturated carbocycles. The second-order valence-electron chi connectivity index (χ2n) is 7.06. The van der Waals surface area contributed by atoms with Gasteiger partial charge in [0.05, 0.1) is 18.3 Å². The van der Waals surface area contributed by atoms with Gasteiger partial charge in [0, 0.05) is 21.4 Å². The van der Waals surface area contributed by atoms with Gasteiger partial charge < -0.3 is 10.6 Å². The Labute approximate surface area is 164 Å². The van der Waals surface area contributed by atoms with Gasteiger partial charge in [-0.25, -0.2) is 4.98 Å². The van der Waals surface area contributed by atoms with Crippen molar-refractivity contribution in [1.29, 1.82) is 0 Å². The molecule has 0 bridgehead atoms. The molecule has 0 fully saturated rings. The maximum Gasteiger partial charge on any atom is 0.263 e. The summed E-state index contributed by atoms with van der Waals surface area (Å²) in [7, 11) is 0. The summed E-state index contributed by atoms with van der Waals surface area (Å²) in [6, 6.07) is 3.87. The van der Waals surface area contributed by atoms with Crippen molar-refractivity contribution in [2.24, 2.45) is 0 Å². The summed E-state index contributed by atoms with van der Waals surface area (Å²) in [6.07, 6.45) is 1.37. The van der Waals surface area contributed by atoms with Crippen molar-refractivity contribution in [3.63, 3.8) is 0 Å². The summed E-state index contributed by atoms with van der Waals surface area (Å²) in [5.74, 6) is -0.704. The van der Waals surface area contributed by atoms with Crippen molar-refractivity contribution in [1.82, 2.24) is 20.2 Å². The van der Waals surface area contributed by atoms with Crippen LogP contribution in [0.25, 0.3) is 20.7 Å². The van der Waals surface area contributed by atoms with E-state index in [1.807, 2.05) is 43.7 Å². The number of hydrogen-bond donors (Lipinski definition) is 2. The van der Waals surface area contributed by atoms with Crippen LogP contribution in [-0.2, 0) is 16.1 Å². The Morgan fingerprint density at radius 1 is 1.22 bits per heavy atom. The molecule has 142 valence electrons. The highest BCUT2D eigenvalue weighted by molar-refractivity contribution is 7.18. The second kappa shape index (κ2) is 7.61. The third-order valence-corrected chi connectivity index (χ3v) is 5.41. The number of rotatable bonds is 5. The van der Waals surface area contributed by atoms with Crippen LogP contribution in [0.4, 0.5) is 0 Å². The molecule has 3 aromatic rings. The monoisotopic (exact) mass is 404 g/mol. The molecule has 7 nitrogen and oxygen atoms in total. The molecule has 3 rings (SSSR count). The minimum atomic E-state index is -0.421. The van der Waals surface area contributed by atoms with Crippen LogP contribution in [0.1, 0.15) is 20.8 Å². The first-order valence-electron chi connectivity index (χ1n) is 8.33. The Morgan fingerprint density at radius 2 is 2.00 bits per heavy atom. The van der Waals surface area contributed by atoms with Crippen molar-refractivity contribution in [3.05, 3.63) is 39.6 Å². The van der Waals surface area contributed by atoms with Crippen LogP contribution < -0.4 is 16.2 Å². The maximum absolute atomic E-state index is 12.8. The van der Waals surface area contributed by atoms with Gasteiger partial charge in [0.2, 0.25) is 11.8 Å². The molecular weight excluding hydrogens is 384 g/mol. The molecule has 9 heteroatoms. The summed E-state index contributed by atoms with van der Waals surface area (Å²) in [6.45, 7) is 5.25. The highest BCUT2D eigenvalue weighted by atomic mass is 32.1. The van der Waals surface area contributed by atoms with E-state index in [0.717, 1.165) is 10.4 Å². The summed E-state index contributed by atoms with van der Waals surface area (Å²) in [5.41, 5.74) is 0.200. The number of hydrogen-bond acceptors (Lipinski definition) is 6. The summed E-state index contributed by atoms with van der Waals surface area (Å²) in [4.78, 5) is 42.7. The second-order valence-corrected chi connectivity index (χ2v) is 8.87. The number of fused-ring (bicyclic) bond motifs is 1. The van der Waals surface area contributed by atoms with Gasteiger partial charge in [-0.15, -0.1) is 22.7 Å². The van der Waals surface area contributed by atoms with E-state index in [0.29, 0.717) is 10.2 Å². The van der Waals surface area contributed by atoms with Crippen LogP contribution in [0.3, 0.4) is 0 Å². The molecule has 0 atom stereocenters. The lowest BCUT2D eigenvalue weighted by Gasteiger charge is -2.20. The van der Waals surface area contributed by atoms with E-state index in [4.69, 9.17) is 0 Å². The maximum atomic E-state index is 12.8. The van der Waals surface area contributed by atoms with Gasteiger partial charge in [0.1, 0.15) is 11.4 Å². The summed E-state index contributed by atoms with van der Waals surface area (Å²) < 4.78 is 1.27. The molecule has 0 aliphatic rings. The molecule has 3 heterocycles. The highest BCUT2D eigenvalue weighted by Gasteiger charge is 2.17. The zero-order chi connectivity index (χ0) is 19.6. The number of amides is 2. The van der Waals surface area contributed by atoms with Gasteiger partial charge in [0.25, 0.3) is 5.56 Å². The van der Waals surface area contributed by atoms with Crippen molar-refractivity contribution < 1.29 is 9.59 Å². The lowest BCUT2D eigenvalue weighted by atomic mass is 10.1. The molecule has 0 saturated heterocycles. The van der Waals surface area contributed by atoms with E-state index in [2.05, 4.69) is 15.6 Å². The van der Waals surface area contributed by atoms with Crippen LogP contribution in [0.2, 0.25) is 0 Å². The van der Waals surface area contributed by atoms with E-state index in [9.17, 15) is 14.4 Å². The van der Waals surface area contributed by atoms with Crippen LogP contribution in [0.5, 0.6) is 0 Å². The lowest BCUT2D eigenvalue weighted by molar-refractivity contribution is -0.127. The average molecular weight is 405 g/mol. The minimum Gasteiger partial charge on any atom is -0.350 e. The molecule has 0 unspecified atom stereocenters. The molecule has 0 spiro atoms. The van der Waals surface area contributed by atoms with Crippen LogP contribution in [-0.4, -0.2) is 33.4 Å². The predicted molar refractivity (Wildman–Crippen MR) is 108 cm³/mol. The van der Waals surface area contributed by atoms with Crippen LogP contribution in [0.15, 0.2) is 34.0 Å². The first-order chi connectivity index (χ1) is 12.7. The third kappa shape index (κ3) is 4.61. The van der Waals surface area contributed by atoms with Crippen molar-refractivity contribution in [3.8, 4) is 10.4 Å². The molecule has 0 aliphatic carbocycles. The molecule has 3 aromatic heterocycles.